The molecule has 2 heterocycles. The Bertz CT molecular complexity index is 740. The first-order chi connectivity index (χ1) is 10.1. The van der Waals surface area contributed by atoms with Crippen LogP contribution in [0.3, 0.4) is 0 Å². The Morgan fingerprint density at radius 3 is 2.67 bits per heavy atom. The molecule has 0 aliphatic rings. The zero-order valence-corrected chi connectivity index (χ0v) is 13.1. The number of benzene rings is 1. The van der Waals surface area contributed by atoms with Gasteiger partial charge >= 0.3 is 0 Å². The molecular formula is C15H17N5S. The first-order valence-electron chi connectivity index (χ1n) is 6.79. The van der Waals surface area contributed by atoms with Gasteiger partial charge in [0.1, 0.15) is 5.82 Å². The van der Waals surface area contributed by atoms with E-state index in [1.807, 2.05) is 32.0 Å². The number of hydrogen-bond donors (Lipinski definition) is 2. The minimum atomic E-state index is 0.622. The molecular weight excluding hydrogens is 282 g/mol. The molecule has 5 nitrogen and oxygen atoms in total. The van der Waals surface area contributed by atoms with Gasteiger partial charge in [0, 0.05) is 22.8 Å². The van der Waals surface area contributed by atoms with Gasteiger partial charge in [0.25, 0.3) is 0 Å². The summed E-state index contributed by atoms with van der Waals surface area (Å²) in [5.41, 5.74) is 4.39. The molecule has 3 rings (SSSR count). The van der Waals surface area contributed by atoms with E-state index in [1.165, 1.54) is 17.1 Å². The van der Waals surface area contributed by atoms with Gasteiger partial charge in [-0.15, -0.1) is 0 Å². The Morgan fingerprint density at radius 2 is 1.95 bits per heavy atom. The lowest BCUT2D eigenvalue weighted by atomic mass is 10.1. The van der Waals surface area contributed by atoms with E-state index in [-0.39, 0.29) is 0 Å². The third-order valence-corrected chi connectivity index (χ3v) is 4.07. The van der Waals surface area contributed by atoms with Crippen molar-refractivity contribution in [3.63, 3.8) is 0 Å². The van der Waals surface area contributed by atoms with Gasteiger partial charge in [0.2, 0.25) is 5.13 Å². The average molecular weight is 299 g/mol. The van der Waals surface area contributed by atoms with E-state index in [0.717, 1.165) is 33.7 Å². The first kappa shape index (κ1) is 13.8. The molecule has 0 unspecified atom stereocenters. The molecule has 3 aromatic rings. The molecule has 6 heteroatoms. The lowest BCUT2D eigenvalue weighted by Crippen LogP contribution is -2.01. The van der Waals surface area contributed by atoms with E-state index in [4.69, 9.17) is 0 Å². The Balaban J connectivity index is 1.72. The Hall–Kier alpha value is -2.21. The lowest BCUT2D eigenvalue weighted by molar-refractivity contribution is 0.984. The highest BCUT2D eigenvalue weighted by Gasteiger charge is 2.09. The predicted molar refractivity (Wildman–Crippen MR) is 85.5 cm³/mol. The van der Waals surface area contributed by atoms with Crippen molar-refractivity contribution < 1.29 is 0 Å². The molecule has 0 atom stereocenters. The van der Waals surface area contributed by atoms with E-state index in [9.17, 15) is 0 Å². The molecule has 0 aliphatic heterocycles. The third-order valence-electron chi connectivity index (χ3n) is 3.40. The number of aromatic amines is 1. The van der Waals surface area contributed by atoms with E-state index in [0.29, 0.717) is 6.54 Å². The highest BCUT2D eigenvalue weighted by Crippen LogP contribution is 2.24. The van der Waals surface area contributed by atoms with Crippen LogP contribution in [0.15, 0.2) is 24.3 Å². The monoisotopic (exact) mass is 299 g/mol. The van der Waals surface area contributed by atoms with Crippen molar-refractivity contribution >= 4 is 16.7 Å². The molecule has 0 aliphatic carbocycles. The maximum atomic E-state index is 4.54. The Labute approximate surface area is 127 Å². The standard InChI is InChI=1S/C15H17N5S/c1-9-6-4-5-7-12(9)14-19-15(21-20-14)16-8-13-17-10(2)11(3)18-13/h4-7H,8H2,1-3H3,(H,17,18)(H,16,19,20). The van der Waals surface area contributed by atoms with Gasteiger partial charge in [-0.3, -0.25) is 0 Å². The molecule has 0 bridgehead atoms. The van der Waals surface area contributed by atoms with Gasteiger partial charge in [0.15, 0.2) is 5.82 Å². The Morgan fingerprint density at radius 1 is 1.14 bits per heavy atom. The quantitative estimate of drug-likeness (QED) is 0.774. The largest absolute Gasteiger partial charge is 0.353 e. The fourth-order valence-corrected chi connectivity index (χ4v) is 2.67. The van der Waals surface area contributed by atoms with Crippen LogP contribution in [0.25, 0.3) is 11.4 Å². The molecule has 21 heavy (non-hydrogen) atoms. The fraction of sp³-hybridized carbons (Fsp3) is 0.267. The van der Waals surface area contributed by atoms with Crippen molar-refractivity contribution in [2.45, 2.75) is 27.3 Å². The number of nitrogens with zero attached hydrogens (tertiary/aromatic N) is 3. The van der Waals surface area contributed by atoms with E-state index in [2.05, 4.69) is 37.6 Å². The van der Waals surface area contributed by atoms with Crippen molar-refractivity contribution in [1.29, 1.82) is 0 Å². The summed E-state index contributed by atoms with van der Waals surface area (Å²) in [7, 11) is 0. The summed E-state index contributed by atoms with van der Waals surface area (Å²) < 4.78 is 4.42. The number of aromatic nitrogens is 4. The van der Waals surface area contributed by atoms with Gasteiger partial charge in [-0.25, -0.2) is 4.98 Å². The van der Waals surface area contributed by atoms with Crippen molar-refractivity contribution in [1.82, 2.24) is 19.3 Å². The van der Waals surface area contributed by atoms with Gasteiger partial charge in [-0.1, -0.05) is 24.3 Å². The van der Waals surface area contributed by atoms with Crippen LogP contribution in [0.2, 0.25) is 0 Å². The van der Waals surface area contributed by atoms with Crippen LogP contribution in [-0.4, -0.2) is 19.3 Å². The van der Waals surface area contributed by atoms with Gasteiger partial charge in [0.05, 0.1) is 12.2 Å². The zero-order chi connectivity index (χ0) is 14.8. The van der Waals surface area contributed by atoms with Crippen LogP contribution in [-0.2, 0) is 6.54 Å². The molecule has 2 N–H and O–H groups in total. The molecule has 1 aromatic carbocycles. The molecule has 0 radical (unpaired) electrons. The maximum Gasteiger partial charge on any atom is 0.203 e. The van der Waals surface area contributed by atoms with Crippen LogP contribution in [0, 0.1) is 20.8 Å². The average Bonchev–Trinajstić information content (AvgIpc) is 3.05. The van der Waals surface area contributed by atoms with Gasteiger partial charge in [-0.2, -0.15) is 9.36 Å². The van der Waals surface area contributed by atoms with E-state index >= 15 is 0 Å². The van der Waals surface area contributed by atoms with Crippen LogP contribution < -0.4 is 5.32 Å². The number of aryl methyl sites for hydroxylation is 3. The minimum Gasteiger partial charge on any atom is -0.353 e. The van der Waals surface area contributed by atoms with Crippen LogP contribution in [0.1, 0.15) is 22.8 Å². The summed E-state index contributed by atoms with van der Waals surface area (Å²) in [6.07, 6.45) is 0. The predicted octanol–water partition coefficient (Wildman–Crippen LogP) is 3.47. The molecule has 0 spiro atoms. The van der Waals surface area contributed by atoms with Crippen LogP contribution in [0.5, 0.6) is 0 Å². The second kappa shape index (κ2) is 5.65. The number of H-pyrrole nitrogens is 1. The molecule has 0 amide bonds. The smallest absolute Gasteiger partial charge is 0.203 e. The van der Waals surface area contributed by atoms with Crippen molar-refractivity contribution in [3.8, 4) is 11.4 Å². The van der Waals surface area contributed by atoms with E-state index in [1.54, 1.807) is 0 Å². The van der Waals surface area contributed by atoms with E-state index < -0.39 is 0 Å². The van der Waals surface area contributed by atoms with Gasteiger partial charge < -0.3 is 10.3 Å². The second-order valence-corrected chi connectivity index (χ2v) is 5.74. The number of rotatable bonds is 4. The normalized spacial score (nSPS) is 10.8. The highest BCUT2D eigenvalue weighted by molar-refractivity contribution is 7.09. The third kappa shape index (κ3) is 2.95. The molecule has 0 saturated carbocycles. The highest BCUT2D eigenvalue weighted by atomic mass is 32.1. The summed E-state index contributed by atoms with van der Waals surface area (Å²) >= 11 is 1.37. The minimum absolute atomic E-state index is 0.622. The number of anilines is 1. The topological polar surface area (TPSA) is 66.5 Å². The summed E-state index contributed by atoms with van der Waals surface area (Å²) in [4.78, 5) is 12.2. The SMILES string of the molecule is Cc1ccccc1-c1nsc(NCc2nc(C)c(C)[nH]2)n1. The van der Waals surface area contributed by atoms with Gasteiger partial charge in [-0.05, 0) is 26.3 Å². The summed E-state index contributed by atoms with van der Waals surface area (Å²) in [6.45, 7) is 6.71. The maximum absolute atomic E-state index is 4.54. The summed E-state index contributed by atoms with van der Waals surface area (Å²) in [5, 5.41) is 4.07. The van der Waals surface area contributed by atoms with Crippen LogP contribution in [0.4, 0.5) is 5.13 Å². The van der Waals surface area contributed by atoms with Crippen molar-refractivity contribution in [2.24, 2.45) is 0 Å². The van der Waals surface area contributed by atoms with Crippen molar-refractivity contribution in [3.05, 3.63) is 47.0 Å². The Kier molecular flexibility index (Phi) is 3.70. The number of hydrogen-bond acceptors (Lipinski definition) is 5. The summed E-state index contributed by atoms with van der Waals surface area (Å²) in [6, 6.07) is 8.13. The molecule has 2 aromatic heterocycles. The zero-order valence-electron chi connectivity index (χ0n) is 12.3. The molecule has 108 valence electrons. The molecule has 0 saturated heterocycles. The second-order valence-electron chi connectivity index (χ2n) is 4.99. The lowest BCUT2D eigenvalue weighted by Gasteiger charge is -2.00. The van der Waals surface area contributed by atoms with Crippen molar-refractivity contribution in [2.75, 3.05) is 5.32 Å². The van der Waals surface area contributed by atoms with Crippen LogP contribution >= 0.6 is 11.5 Å². The first-order valence-corrected chi connectivity index (χ1v) is 7.56. The number of nitrogens with one attached hydrogen (secondary N) is 2. The molecule has 0 fully saturated rings. The fourth-order valence-electron chi connectivity index (χ4n) is 2.09. The summed E-state index contributed by atoms with van der Waals surface area (Å²) in [5.74, 6) is 1.69. The number of imidazole rings is 1.